The second-order valence-electron chi connectivity index (χ2n) is 4.94. The third-order valence-electron chi connectivity index (χ3n) is 3.42. The molecular formula is C15H19N3O4S. The van der Waals surface area contributed by atoms with E-state index in [0.717, 1.165) is 10.6 Å². The molecule has 2 N–H and O–H groups in total. The summed E-state index contributed by atoms with van der Waals surface area (Å²) in [5.41, 5.74) is 5.21. The third-order valence-corrected chi connectivity index (χ3v) is 4.15. The zero-order valence-corrected chi connectivity index (χ0v) is 13.8. The molecule has 23 heavy (non-hydrogen) atoms. The van der Waals surface area contributed by atoms with Gasteiger partial charge >= 0.3 is 6.09 Å². The number of nitrogens with one attached hydrogen (secondary N) is 2. The van der Waals surface area contributed by atoms with E-state index in [-0.39, 0.29) is 25.5 Å². The maximum atomic E-state index is 12.2. The molecule has 124 valence electrons. The molecule has 0 radical (unpaired) electrons. The largest absolute Gasteiger partial charge is 0.449 e. The lowest BCUT2D eigenvalue weighted by molar-refractivity contribution is -0.127. The molecule has 1 aliphatic rings. The van der Waals surface area contributed by atoms with Crippen molar-refractivity contribution in [3.8, 4) is 0 Å². The van der Waals surface area contributed by atoms with Gasteiger partial charge in [0.25, 0.3) is 0 Å². The van der Waals surface area contributed by atoms with Crippen LogP contribution in [0.3, 0.4) is 0 Å². The number of benzene rings is 1. The first-order chi connectivity index (χ1) is 11.0. The lowest BCUT2D eigenvalue weighted by atomic mass is 10.1. The lowest BCUT2D eigenvalue weighted by Gasteiger charge is -2.17. The molecule has 1 unspecified atom stereocenters. The Morgan fingerprint density at radius 2 is 2.17 bits per heavy atom. The monoisotopic (exact) mass is 337 g/mol. The van der Waals surface area contributed by atoms with Crippen molar-refractivity contribution in [1.29, 1.82) is 0 Å². The van der Waals surface area contributed by atoms with Gasteiger partial charge in [-0.05, 0) is 31.4 Å². The van der Waals surface area contributed by atoms with Crippen LogP contribution in [-0.4, -0.2) is 37.3 Å². The molecule has 1 saturated heterocycles. The number of hydrazine groups is 1. The summed E-state index contributed by atoms with van der Waals surface area (Å²) in [6.07, 6.45) is 1.34. The molecule has 0 aromatic heterocycles. The average Bonchev–Trinajstić information content (AvgIpc) is 2.95. The summed E-state index contributed by atoms with van der Waals surface area (Å²) in [6.45, 7) is 2.16. The molecule has 7 nitrogen and oxygen atoms in total. The molecule has 3 amide bonds. The third kappa shape index (κ3) is 4.38. The molecular weight excluding hydrogens is 318 g/mol. The van der Waals surface area contributed by atoms with Crippen molar-refractivity contribution in [3.63, 3.8) is 0 Å². The number of ether oxygens (including phenoxy) is 1. The summed E-state index contributed by atoms with van der Waals surface area (Å²) >= 11 is 1.59. The summed E-state index contributed by atoms with van der Waals surface area (Å²) in [5, 5.41) is 0. The van der Waals surface area contributed by atoms with Crippen LogP contribution in [0.4, 0.5) is 10.5 Å². The minimum atomic E-state index is -0.727. The number of nitrogens with zero attached hydrogens (tertiary/aromatic N) is 1. The SMILES string of the molecule is CCOC(=O)NNC(=O)C1CC(=O)N(c2cccc(SC)c2)C1. The van der Waals surface area contributed by atoms with E-state index in [1.165, 1.54) is 0 Å². The van der Waals surface area contributed by atoms with E-state index in [1.807, 2.05) is 30.5 Å². The maximum absolute atomic E-state index is 12.2. The quantitative estimate of drug-likeness (QED) is 0.643. The van der Waals surface area contributed by atoms with Crippen molar-refractivity contribution in [2.24, 2.45) is 5.92 Å². The zero-order valence-electron chi connectivity index (χ0n) is 13.0. The summed E-state index contributed by atoms with van der Waals surface area (Å²) in [4.78, 5) is 38.0. The van der Waals surface area contributed by atoms with Crippen molar-refractivity contribution >= 4 is 35.4 Å². The summed E-state index contributed by atoms with van der Waals surface area (Å²) < 4.78 is 4.65. The summed E-state index contributed by atoms with van der Waals surface area (Å²) in [6, 6.07) is 7.60. The van der Waals surface area contributed by atoms with E-state index in [2.05, 4.69) is 15.6 Å². The average molecular weight is 337 g/mol. The molecule has 1 aromatic rings. The van der Waals surface area contributed by atoms with Gasteiger partial charge in [0.2, 0.25) is 11.8 Å². The van der Waals surface area contributed by atoms with E-state index in [4.69, 9.17) is 0 Å². The van der Waals surface area contributed by atoms with Gasteiger partial charge < -0.3 is 9.64 Å². The molecule has 0 bridgehead atoms. The normalized spacial score (nSPS) is 17.0. The Labute approximate surface area is 138 Å². The van der Waals surface area contributed by atoms with Gasteiger partial charge in [-0.2, -0.15) is 0 Å². The van der Waals surface area contributed by atoms with Crippen LogP contribution < -0.4 is 15.8 Å². The van der Waals surface area contributed by atoms with Gasteiger partial charge in [-0.1, -0.05) is 6.07 Å². The molecule has 0 saturated carbocycles. The zero-order chi connectivity index (χ0) is 16.8. The van der Waals surface area contributed by atoms with Crippen molar-refractivity contribution in [3.05, 3.63) is 24.3 Å². The minimum absolute atomic E-state index is 0.111. The van der Waals surface area contributed by atoms with Gasteiger partial charge in [-0.25, -0.2) is 10.2 Å². The second-order valence-corrected chi connectivity index (χ2v) is 5.82. The predicted molar refractivity (Wildman–Crippen MR) is 87.0 cm³/mol. The standard InChI is InChI=1S/C15H19N3O4S/c1-3-22-15(21)17-16-14(20)10-7-13(19)18(9-10)11-5-4-6-12(8-11)23-2/h4-6,8,10H,3,7,9H2,1-2H3,(H,16,20)(H,17,21). The number of rotatable bonds is 4. The van der Waals surface area contributed by atoms with Gasteiger partial charge in [0.1, 0.15) is 0 Å². The number of carbonyl (C=O) groups excluding carboxylic acids is 3. The topological polar surface area (TPSA) is 87.7 Å². The molecule has 1 fully saturated rings. The Kier molecular flexibility index (Phi) is 5.86. The highest BCUT2D eigenvalue weighted by atomic mass is 32.2. The Morgan fingerprint density at radius 1 is 1.39 bits per heavy atom. The summed E-state index contributed by atoms with van der Waals surface area (Å²) in [7, 11) is 0. The van der Waals surface area contributed by atoms with E-state index in [9.17, 15) is 14.4 Å². The number of carbonyl (C=O) groups is 3. The van der Waals surface area contributed by atoms with Crippen molar-refractivity contribution in [2.45, 2.75) is 18.2 Å². The summed E-state index contributed by atoms with van der Waals surface area (Å²) in [5.74, 6) is -1.03. The van der Waals surface area contributed by atoms with Gasteiger partial charge in [0.15, 0.2) is 0 Å². The molecule has 1 aromatic carbocycles. The fourth-order valence-corrected chi connectivity index (χ4v) is 2.75. The minimum Gasteiger partial charge on any atom is -0.449 e. The van der Waals surface area contributed by atoms with Crippen LogP contribution in [0.15, 0.2) is 29.2 Å². The molecule has 2 rings (SSSR count). The number of hydrogen-bond acceptors (Lipinski definition) is 5. The van der Waals surface area contributed by atoms with Crippen LogP contribution in [-0.2, 0) is 14.3 Å². The van der Waals surface area contributed by atoms with Crippen LogP contribution >= 0.6 is 11.8 Å². The van der Waals surface area contributed by atoms with Gasteiger partial charge in [0, 0.05) is 23.5 Å². The highest BCUT2D eigenvalue weighted by Crippen LogP contribution is 2.28. The van der Waals surface area contributed by atoms with Crippen molar-refractivity contribution < 1.29 is 19.1 Å². The highest BCUT2D eigenvalue weighted by Gasteiger charge is 2.35. The first kappa shape index (κ1) is 17.1. The van der Waals surface area contributed by atoms with Gasteiger partial charge in [0.05, 0.1) is 12.5 Å². The lowest BCUT2D eigenvalue weighted by Crippen LogP contribution is -2.45. The molecule has 1 heterocycles. The first-order valence-electron chi connectivity index (χ1n) is 7.22. The van der Waals surface area contributed by atoms with Crippen LogP contribution in [0, 0.1) is 5.92 Å². The van der Waals surface area contributed by atoms with Gasteiger partial charge in [-0.15, -0.1) is 11.8 Å². The smallest absolute Gasteiger partial charge is 0.426 e. The Hall–Kier alpha value is -2.22. The van der Waals surface area contributed by atoms with Crippen LogP contribution in [0.5, 0.6) is 0 Å². The molecule has 1 aliphatic heterocycles. The van der Waals surface area contributed by atoms with E-state index in [0.29, 0.717) is 0 Å². The highest BCUT2D eigenvalue weighted by molar-refractivity contribution is 7.98. The number of thioether (sulfide) groups is 1. The van der Waals surface area contributed by atoms with Gasteiger partial charge in [-0.3, -0.25) is 15.0 Å². The van der Waals surface area contributed by atoms with E-state index >= 15 is 0 Å². The first-order valence-corrected chi connectivity index (χ1v) is 8.44. The Balaban J connectivity index is 1.96. The number of hydrogen-bond donors (Lipinski definition) is 2. The van der Waals surface area contributed by atoms with Crippen molar-refractivity contribution in [1.82, 2.24) is 10.9 Å². The molecule has 0 spiro atoms. The van der Waals surface area contributed by atoms with Crippen molar-refractivity contribution in [2.75, 3.05) is 24.3 Å². The van der Waals surface area contributed by atoms with E-state index in [1.54, 1.807) is 23.6 Å². The second kappa shape index (κ2) is 7.87. The fourth-order valence-electron chi connectivity index (χ4n) is 2.29. The van der Waals surface area contributed by atoms with Crippen LogP contribution in [0.25, 0.3) is 0 Å². The number of anilines is 1. The van der Waals surface area contributed by atoms with Crippen LogP contribution in [0.2, 0.25) is 0 Å². The Morgan fingerprint density at radius 3 is 2.87 bits per heavy atom. The Bertz CT molecular complexity index is 608. The number of amides is 3. The molecule has 8 heteroatoms. The molecule has 0 aliphatic carbocycles. The fraction of sp³-hybridized carbons (Fsp3) is 0.400. The predicted octanol–water partition coefficient (Wildman–Crippen LogP) is 1.54. The maximum Gasteiger partial charge on any atom is 0.426 e. The van der Waals surface area contributed by atoms with E-state index < -0.39 is 17.9 Å². The van der Waals surface area contributed by atoms with Crippen LogP contribution in [0.1, 0.15) is 13.3 Å². The molecule has 1 atom stereocenters.